The van der Waals surface area contributed by atoms with Crippen molar-refractivity contribution in [1.82, 2.24) is 15.0 Å². The molecule has 1 aromatic carbocycles. The van der Waals surface area contributed by atoms with E-state index >= 15 is 0 Å². The zero-order valence-electron chi connectivity index (χ0n) is 18.3. The highest BCUT2D eigenvalue weighted by atomic mass is 14.9. The lowest BCUT2D eigenvalue weighted by molar-refractivity contribution is 0.986. The molecule has 3 aromatic rings. The quantitative estimate of drug-likeness (QED) is 0.490. The van der Waals surface area contributed by atoms with Gasteiger partial charge in [-0.05, 0) is 96.2 Å². The monoisotopic (exact) mass is 363 g/mol. The van der Waals surface area contributed by atoms with Crippen molar-refractivity contribution in [2.24, 2.45) is 0 Å². The van der Waals surface area contributed by atoms with E-state index in [2.05, 4.69) is 73.8 Å². The molecule has 27 heavy (non-hydrogen) atoms. The van der Waals surface area contributed by atoms with E-state index in [9.17, 15) is 0 Å². The number of rotatable bonds is 0. The zero-order valence-corrected chi connectivity index (χ0v) is 18.3. The number of aromatic nitrogens is 3. The van der Waals surface area contributed by atoms with E-state index in [0.717, 1.165) is 22.8 Å². The number of hydrogen-bond donors (Lipinski definition) is 0. The third-order valence-electron chi connectivity index (χ3n) is 4.52. The molecule has 0 amide bonds. The predicted molar refractivity (Wildman–Crippen MR) is 115 cm³/mol. The molecule has 0 radical (unpaired) electrons. The number of nitrogens with zero attached hydrogens (tertiary/aromatic N) is 3. The summed E-state index contributed by atoms with van der Waals surface area (Å²) in [6, 6.07) is 8.59. The van der Waals surface area contributed by atoms with Gasteiger partial charge in [0.25, 0.3) is 0 Å². The maximum atomic E-state index is 4.16. The molecule has 3 nitrogen and oxygen atoms in total. The molecule has 0 unspecified atom stereocenters. The maximum absolute atomic E-state index is 4.16. The van der Waals surface area contributed by atoms with Crippen LogP contribution in [0.1, 0.15) is 50.6 Å². The summed E-state index contributed by atoms with van der Waals surface area (Å²) in [7, 11) is 0. The number of hydrogen-bond acceptors (Lipinski definition) is 3. The van der Waals surface area contributed by atoms with Crippen molar-refractivity contribution in [2.45, 2.75) is 62.3 Å². The first-order chi connectivity index (χ1) is 12.6. The highest BCUT2D eigenvalue weighted by molar-refractivity contribution is 5.28. The number of pyridine rings is 1. The molecule has 0 atom stereocenters. The second-order valence-electron chi connectivity index (χ2n) is 7.18. The van der Waals surface area contributed by atoms with Gasteiger partial charge in [0.05, 0.1) is 0 Å². The SMILES string of the molecule is Cc1cc(C)c(C)cn1.Cc1ccc(C)c(C)c1.Cc1ncc(C)c(C)n1. The van der Waals surface area contributed by atoms with Crippen molar-refractivity contribution in [3.05, 3.63) is 87.3 Å². The van der Waals surface area contributed by atoms with E-state index < -0.39 is 0 Å². The third-order valence-corrected chi connectivity index (χ3v) is 4.52. The van der Waals surface area contributed by atoms with E-state index in [0.29, 0.717) is 0 Å². The van der Waals surface area contributed by atoms with E-state index in [-0.39, 0.29) is 0 Å². The molecule has 0 N–H and O–H groups in total. The average Bonchev–Trinajstić information content (AvgIpc) is 2.60. The fraction of sp³-hybridized carbons (Fsp3) is 0.375. The van der Waals surface area contributed by atoms with Gasteiger partial charge in [0.1, 0.15) is 5.82 Å². The van der Waals surface area contributed by atoms with Gasteiger partial charge in [-0.2, -0.15) is 0 Å². The van der Waals surface area contributed by atoms with Crippen LogP contribution in [0.4, 0.5) is 0 Å². The third kappa shape index (κ3) is 8.12. The van der Waals surface area contributed by atoms with E-state index in [1.165, 1.54) is 27.8 Å². The van der Waals surface area contributed by atoms with E-state index in [1.54, 1.807) is 0 Å². The van der Waals surface area contributed by atoms with E-state index in [4.69, 9.17) is 0 Å². The second-order valence-corrected chi connectivity index (χ2v) is 7.18. The topological polar surface area (TPSA) is 38.7 Å². The van der Waals surface area contributed by atoms with Gasteiger partial charge in [0.15, 0.2) is 0 Å². The summed E-state index contributed by atoms with van der Waals surface area (Å²) in [6.07, 6.45) is 3.75. The second kappa shape index (κ2) is 10.6. The van der Waals surface area contributed by atoms with Gasteiger partial charge < -0.3 is 0 Å². The van der Waals surface area contributed by atoms with Crippen LogP contribution < -0.4 is 0 Å². The van der Waals surface area contributed by atoms with Gasteiger partial charge in [-0.25, -0.2) is 9.97 Å². The van der Waals surface area contributed by atoms with Crippen LogP contribution in [0.25, 0.3) is 0 Å². The van der Waals surface area contributed by atoms with Gasteiger partial charge in [0, 0.05) is 23.8 Å². The molecule has 0 bridgehead atoms. The molecule has 0 aliphatic heterocycles. The smallest absolute Gasteiger partial charge is 0.125 e. The Kier molecular flexibility index (Phi) is 8.80. The lowest BCUT2D eigenvalue weighted by Crippen LogP contribution is -1.92. The van der Waals surface area contributed by atoms with Crippen molar-refractivity contribution in [1.29, 1.82) is 0 Å². The van der Waals surface area contributed by atoms with Gasteiger partial charge in [-0.15, -0.1) is 0 Å². The lowest BCUT2D eigenvalue weighted by Gasteiger charge is -1.98. The highest BCUT2D eigenvalue weighted by Gasteiger charge is 1.92. The molecule has 2 aromatic heterocycles. The summed E-state index contributed by atoms with van der Waals surface area (Å²) in [5, 5.41) is 0. The Balaban J connectivity index is 0.000000202. The van der Waals surface area contributed by atoms with Crippen LogP contribution in [-0.4, -0.2) is 15.0 Å². The van der Waals surface area contributed by atoms with Crippen molar-refractivity contribution in [3.8, 4) is 0 Å². The van der Waals surface area contributed by atoms with Crippen molar-refractivity contribution in [2.75, 3.05) is 0 Å². The summed E-state index contributed by atoms with van der Waals surface area (Å²) in [4.78, 5) is 12.3. The standard InChI is InChI=1S/C9H12.C8H11N.C7H10N2/c1-7-4-5-8(2)9(3)6-7;1-6-4-8(3)9-5-7(6)2;1-5-4-8-7(3)9-6(5)2/h4-6H,1-3H3;4-5H,1-3H3;4H,1-3H3. The van der Waals surface area contributed by atoms with Gasteiger partial charge in [0.2, 0.25) is 0 Å². The lowest BCUT2D eigenvalue weighted by atomic mass is 10.1. The maximum Gasteiger partial charge on any atom is 0.125 e. The first kappa shape index (κ1) is 22.5. The zero-order chi connectivity index (χ0) is 20.6. The Morgan fingerprint density at radius 3 is 1.59 bits per heavy atom. The van der Waals surface area contributed by atoms with Gasteiger partial charge in [-0.1, -0.05) is 23.8 Å². The number of benzene rings is 1. The summed E-state index contributed by atoms with van der Waals surface area (Å²) < 4.78 is 0. The first-order valence-corrected chi connectivity index (χ1v) is 9.30. The molecular weight excluding hydrogens is 330 g/mol. The molecule has 2 heterocycles. The van der Waals surface area contributed by atoms with Crippen molar-refractivity contribution < 1.29 is 0 Å². The Morgan fingerprint density at radius 2 is 1.15 bits per heavy atom. The van der Waals surface area contributed by atoms with Gasteiger partial charge in [-0.3, -0.25) is 4.98 Å². The fourth-order valence-electron chi connectivity index (χ4n) is 2.30. The highest BCUT2D eigenvalue weighted by Crippen LogP contribution is 2.07. The van der Waals surface area contributed by atoms with Crippen LogP contribution in [0, 0.1) is 62.3 Å². The molecule has 0 saturated heterocycles. The predicted octanol–water partition coefficient (Wildman–Crippen LogP) is 6.02. The van der Waals surface area contributed by atoms with Crippen molar-refractivity contribution >= 4 is 0 Å². The van der Waals surface area contributed by atoms with E-state index in [1.807, 2.05) is 40.1 Å². The molecule has 0 saturated carbocycles. The Bertz CT molecular complexity index is 765. The molecule has 0 fully saturated rings. The summed E-state index contributed by atoms with van der Waals surface area (Å²) in [5.74, 6) is 0.845. The molecule has 0 spiro atoms. The molecule has 144 valence electrons. The van der Waals surface area contributed by atoms with Crippen LogP contribution in [0.5, 0.6) is 0 Å². The minimum atomic E-state index is 0.845. The minimum absolute atomic E-state index is 0.845. The molecule has 0 aliphatic rings. The van der Waals surface area contributed by atoms with Crippen molar-refractivity contribution in [3.63, 3.8) is 0 Å². The van der Waals surface area contributed by atoms with Crippen LogP contribution in [0.15, 0.2) is 36.7 Å². The summed E-state index contributed by atoms with van der Waals surface area (Å²) in [5.41, 5.74) is 10.0. The Labute approximate surface area is 165 Å². The number of aryl methyl sites for hydroxylation is 9. The Morgan fingerprint density at radius 1 is 0.556 bits per heavy atom. The molecular formula is C24H33N3. The average molecular weight is 364 g/mol. The summed E-state index contributed by atoms with van der Waals surface area (Å²) in [6.45, 7) is 18.5. The molecule has 0 aliphatic carbocycles. The molecule has 3 rings (SSSR count). The van der Waals surface area contributed by atoms with Crippen LogP contribution in [0.3, 0.4) is 0 Å². The summed E-state index contributed by atoms with van der Waals surface area (Å²) >= 11 is 0. The van der Waals surface area contributed by atoms with Crippen LogP contribution in [-0.2, 0) is 0 Å². The minimum Gasteiger partial charge on any atom is -0.261 e. The normalized spacial score (nSPS) is 9.67. The Hall–Kier alpha value is -2.55. The van der Waals surface area contributed by atoms with Crippen LogP contribution >= 0.6 is 0 Å². The first-order valence-electron chi connectivity index (χ1n) is 9.30. The van der Waals surface area contributed by atoms with Crippen LogP contribution in [0.2, 0.25) is 0 Å². The largest absolute Gasteiger partial charge is 0.261 e. The fourth-order valence-corrected chi connectivity index (χ4v) is 2.30. The molecule has 3 heteroatoms. The van der Waals surface area contributed by atoms with Gasteiger partial charge >= 0.3 is 0 Å².